The van der Waals surface area contributed by atoms with Crippen molar-refractivity contribution in [1.29, 1.82) is 0 Å². The van der Waals surface area contributed by atoms with E-state index in [4.69, 9.17) is 21.9 Å². The molecular formula is C40H35ClN6. The molecular weight excluding hydrogens is 600 g/mol. The maximum Gasteiger partial charge on any atom is 0.184 e. The number of tetrazole rings is 1. The van der Waals surface area contributed by atoms with Crippen molar-refractivity contribution in [2.75, 3.05) is 0 Å². The molecule has 7 rings (SSSR count). The second-order valence-electron chi connectivity index (χ2n) is 11.7. The van der Waals surface area contributed by atoms with Gasteiger partial charge in [0, 0.05) is 34.6 Å². The summed E-state index contributed by atoms with van der Waals surface area (Å²) in [5, 5.41) is 14.4. The summed E-state index contributed by atoms with van der Waals surface area (Å²) in [7, 11) is 0. The van der Waals surface area contributed by atoms with Gasteiger partial charge in [-0.05, 0) is 57.2 Å². The van der Waals surface area contributed by atoms with Crippen LogP contribution in [-0.2, 0) is 18.5 Å². The topological polar surface area (TPSA) is 61.4 Å². The number of hydrogen-bond acceptors (Lipinski definition) is 4. The lowest BCUT2D eigenvalue weighted by Crippen LogP contribution is -2.39. The number of unbranched alkanes of at least 4 members (excludes halogenated alkanes) is 1. The molecule has 0 saturated carbocycles. The SMILES string of the molecule is CCCCc1cncn1Cc1ccc(-c2ccccc2-c2nnnn2C(c2ccccc2)(c2ccccc2)c2ccccc2Cl)cc1. The van der Waals surface area contributed by atoms with Crippen LogP contribution in [0.2, 0.25) is 5.02 Å². The molecule has 2 heterocycles. The van der Waals surface area contributed by atoms with Crippen molar-refractivity contribution in [3.05, 3.63) is 179 Å². The third kappa shape index (κ3) is 5.77. The van der Waals surface area contributed by atoms with Crippen molar-refractivity contribution in [3.8, 4) is 22.5 Å². The molecule has 6 nitrogen and oxygen atoms in total. The normalized spacial score (nSPS) is 11.5. The summed E-state index contributed by atoms with van der Waals surface area (Å²) in [4.78, 5) is 4.41. The van der Waals surface area contributed by atoms with Crippen LogP contribution >= 0.6 is 11.6 Å². The molecule has 0 aliphatic rings. The smallest absolute Gasteiger partial charge is 0.184 e. The van der Waals surface area contributed by atoms with Gasteiger partial charge >= 0.3 is 0 Å². The minimum absolute atomic E-state index is 0.626. The average Bonchev–Trinajstić information content (AvgIpc) is 3.80. The third-order valence-electron chi connectivity index (χ3n) is 8.80. The van der Waals surface area contributed by atoms with E-state index in [0.717, 1.165) is 52.8 Å². The number of rotatable bonds is 11. The van der Waals surface area contributed by atoms with Crippen molar-refractivity contribution in [2.24, 2.45) is 0 Å². The molecule has 7 aromatic rings. The van der Waals surface area contributed by atoms with Crippen LogP contribution in [-0.4, -0.2) is 29.8 Å². The number of imidazole rings is 1. The van der Waals surface area contributed by atoms with Gasteiger partial charge in [-0.15, -0.1) is 5.10 Å². The van der Waals surface area contributed by atoms with E-state index >= 15 is 0 Å². The highest BCUT2D eigenvalue weighted by Gasteiger charge is 2.43. The lowest BCUT2D eigenvalue weighted by atomic mass is 9.76. The number of hydrogen-bond donors (Lipinski definition) is 0. The third-order valence-corrected chi connectivity index (χ3v) is 9.13. The monoisotopic (exact) mass is 634 g/mol. The molecule has 2 aromatic heterocycles. The van der Waals surface area contributed by atoms with Crippen LogP contribution in [0.5, 0.6) is 0 Å². The molecule has 0 amide bonds. The van der Waals surface area contributed by atoms with Gasteiger partial charge in [-0.1, -0.05) is 152 Å². The Morgan fingerprint density at radius 3 is 2.02 bits per heavy atom. The lowest BCUT2D eigenvalue weighted by Gasteiger charge is -2.37. The summed E-state index contributed by atoms with van der Waals surface area (Å²) < 4.78 is 4.18. The highest BCUT2D eigenvalue weighted by Crippen LogP contribution is 2.45. The maximum atomic E-state index is 7.06. The highest BCUT2D eigenvalue weighted by molar-refractivity contribution is 6.31. The first-order valence-corrected chi connectivity index (χ1v) is 16.4. The summed E-state index contributed by atoms with van der Waals surface area (Å²) in [5.41, 5.74) is 7.44. The van der Waals surface area contributed by atoms with Gasteiger partial charge in [-0.3, -0.25) is 0 Å². The van der Waals surface area contributed by atoms with Gasteiger partial charge in [0.05, 0.1) is 6.33 Å². The lowest BCUT2D eigenvalue weighted by molar-refractivity contribution is 0.451. The first-order chi connectivity index (χ1) is 23.2. The van der Waals surface area contributed by atoms with Crippen molar-refractivity contribution in [1.82, 2.24) is 29.8 Å². The fraction of sp³-hybridized carbons (Fsp3) is 0.150. The highest BCUT2D eigenvalue weighted by atomic mass is 35.5. The molecule has 0 saturated heterocycles. The van der Waals surface area contributed by atoms with Gasteiger partial charge in [-0.25, -0.2) is 9.67 Å². The zero-order valence-corrected chi connectivity index (χ0v) is 27.0. The van der Waals surface area contributed by atoms with Crippen molar-refractivity contribution >= 4 is 11.6 Å². The molecule has 0 radical (unpaired) electrons. The fourth-order valence-electron chi connectivity index (χ4n) is 6.50. The predicted molar refractivity (Wildman–Crippen MR) is 188 cm³/mol. The van der Waals surface area contributed by atoms with E-state index in [2.05, 4.69) is 94.5 Å². The average molecular weight is 635 g/mol. The Kier molecular flexibility index (Phi) is 8.76. The zero-order valence-electron chi connectivity index (χ0n) is 26.2. The predicted octanol–water partition coefficient (Wildman–Crippen LogP) is 9.09. The molecule has 0 N–H and O–H groups in total. The summed E-state index contributed by atoms with van der Waals surface area (Å²) in [6, 6.07) is 45.7. The van der Waals surface area contributed by atoms with E-state index in [1.807, 2.05) is 77.9 Å². The molecule has 47 heavy (non-hydrogen) atoms. The van der Waals surface area contributed by atoms with Crippen LogP contribution in [0.15, 0.2) is 146 Å². The Labute approximate surface area is 280 Å². The number of aryl methyl sites for hydroxylation is 1. The molecule has 0 atom stereocenters. The Hall–Kier alpha value is -5.33. The molecule has 0 unspecified atom stereocenters. The standard InChI is InChI=1S/C40H35ClN6/c1-2-3-18-34-27-42-29-46(34)28-30-23-25-31(26-24-30)35-19-10-11-20-36(35)39-43-44-45-47(39)40(32-14-6-4-7-15-32,33-16-8-5-9-17-33)37-21-12-13-22-38(37)41/h4-17,19-27,29H,2-3,18,28H2,1H3. The first kappa shape index (κ1) is 30.3. The maximum absolute atomic E-state index is 7.06. The molecule has 0 spiro atoms. The van der Waals surface area contributed by atoms with Crippen LogP contribution < -0.4 is 0 Å². The first-order valence-electron chi connectivity index (χ1n) is 16.0. The number of benzene rings is 5. The number of nitrogens with zero attached hydrogens (tertiary/aromatic N) is 6. The Balaban J connectivity index is 1.36. The van der Waals surface area contributed by atoms with Crippen LogP contribution in [0.25, 0.3) is 22.5 Å². The summed E-state index contributed by atoms with van der Waals surface area (Å²) in [6.45, 7) is 3.00. The Morgan fingerprint density at radius 1 is 0.702 bits per heavy atom. The second-order valence-corrected chi connectivity index (χ2v) is 12.1. The van der Waals surface area contributed by atoms with E-state index in [1.54, 1.807) is 0 Å². The largest absolute Gasteiger partial charge is 0.330 e. The molecule has 0 aliphatic carbocycles. The summed E-state index contributed by atoms with van der Waals surface area (Å²) >= 11 is 7.06. The van der Waals surface area contributed by atoms with E-state index < -0.39 is 5.54 Å². The number of halogens is 1. The quantitative estimate of drug-likeness (QED) is 0.133. The molecule has 232 valence electrons. The Bertz CT molecular complexity index is 2030. The van der Waals surface area contributed by atoms with E-state index in [9.17, 15) is 0 Å². The van der Waals surface area contributed by atoms with Crippen molar-refractivity contribution in [2.45, 2.75) is 38.3 Å². The molecule has 0 bridgehead atoms. The molecule has 5 aromatic carbocycles. The molecule has 0 fully saturated rings. The fourth-order valence-corrected chi connectivity index (χ4v) is 6.78. The second kappa shape index (κ2) is 13.6. The van der Waals surface area contributed by atoms with Crippen LogP contribution in [0.1, 0.15) is 47.7 Å². The minimum atomic E-state index is -0.961. The van der Waals surface area contributed by atoms with Gasteiger partial charge in [-0.2, -0.15) is 0 Å². The summed E-state index contributed by atoms with van der Waals surface area (Å²) in [6.07, 6.45) is 7.28. The Morgan fingerprint density at radius 2 is 1.34 bits per heavy atom. The van der Waals surface area contributed by atoms with Gasteiger partial charge in [0.1, 0.15) is 5.54 Å². The van der Waals surface area contributed by atoms with Crippen molar-refractivity contribution in [3.63, 3.8) is 0 Å². The number of aromatic nitrogens is 6. The molecule has 0 aliphatic heterocycles. The van der Waals surface area contributed by atoms with E-state index in [1.165, 1.54) is 17.7 Å². The molecule has 7 heteroatoms. The van der Waals surface area contributed by atoms with Crippen LogP contribution in [0.4, 0.5) is 0 Å². The van der Waals surface area contributed by atoms with Gasteiger partial charge < -0.3 is 4.57 Å². The zero-order chi connectivity index (χ0) is 32.1. The van der Waals surface area contributed by atoms with Crippen LogP contribution in [0, 0.1) is 0 Å². The van der Waals surface area contributed by atoms with Gasteiger partial charge in [0.25, 0.3) is 0 Å². The minimum Gasteiger partial charge on any atom is -0.330 e. The van der Waals surface area contributed by atoms with Crippen molar-refractivity contribution < 1.29 is 0 Å². The van der Waals surface area contributed by atoms with E-state index in [0.29, 0.717) is 10.8 Å². The summed E-state index contributed by atoms with van der Waals surface area (Å²) in [5.74, 6) is 0.635. The van der Waals surface area contributed by atoms with Gasteiger partial charge in [0.2, 0.25) is 0 Å². The van der Waals surface area contributed by atoms with E-state index in [-0.39, 0.29) is 0 Å². The van der Waals surface area contributed by atoms with Crippen LogP contribution in [0.3, 0.4) is 0 Å². The van der Waals surface area contributed by atoms with Gasteiger partial charge in [0.15, 0.2) is 5.82 Å².